The summed E-state index contributed by atoms with van der Waals surface area (Å²) in [4.78, 5) is 10.6. The van der Waals surface area contributed by atoms with Crippen molar-refractivity contribution >= 4 is 33.6 Å². The number of nitrogens with one attached hydrogen (secondary N) is 1. The van der Waals surface area contributed by atoms with Crippen LogP contribution in [-0.4, -0.2) is 24.7 Å². The van der Waals surface area contributed by atoms with Crippen molar-refractivity contribution in [3.8, 4) is 5.75 Å². The van der Waals surface area contributed by atoms with Gasteiger partial charge in [0.1, 0.15) is 23.5 Å². The van der Waals surface area contributed by atoms with E-state index in [9.17, 15) is 4.79 Å². The summed E-state index contributed by atoms with van der Waals surface area (Å²) in [5.41, 5.74) is 2.08. The van der Waals surface area contributed by atoms with Crippen LogP contribution in [0.15, 0.2) is 40.8 Å². The number of hydrogen-bond donors (Lipinski definition) is 2. The van der Waals surface area contributed by atoms with Crippen LogP contribution in [0.4, 0.5) is 5.69 Å². The van der Waals surface area contributed by atoms with Crippen molar-refractivity contribution < 1.29 is 19.1 Å². The van der Waals surface area contributed by atoms with Crippen molar-refractivity contribution in [3.63, 3.8) is 0 Å². The summed E-state index contributed by atoms with van der Waals surface area (Å²) < 4.78 is 11.1. The van der Waals surface area contributed by atoms with Crippen LogP contribution in [-0.2, 0) is 4.79 Å². The number of carboxylic acid groups (broad SMARTS) is 1. The van der Waals surface area contributed by atoms with Gasteiger partial charge in [0.25, 0.3) is 0 Å². The number of para-hydroxylation sites is 1. The molecule has 2 N–H and O–H groups in total. The number of fused-ring (bicyclic) bond motifs is 3. The lowest BCUT2D eigenvalue weighted by Crippen LogP contribution is -2.12. The molecule has 0 radical (unpaired) electrons. The van der Waals surface area contributed by atoms with Gasteiger partial charge in [-0.3, -0.25) is 4.79 Å². The van der Waals surface area contributed by atoms with E-state index in [1.807, 2.05) is 30.3 Å². The number of hydrogen-bond acceptors (Lipinski definition) is 4. The van der Waals surface area contributed by atoms with Crippen molar-refractivity contribution in [3.05, 3.63) is 36.4 Å². The molecule has 0 aliphatic heterocycles. The highest BCUT2D eigenvalue weighted by Gasteiger charge is 2.12. The van der Waals surface area contributed by atoms with Gasteiger partial charge in [-0.1, -0.05) is 18.2 Å². The Labute approximate surface area is 114 Å². The van der Waals surface area contributed by atoms with E-state index in [2.05, 4.69) is 5.32 Å². The Balaban J connectivity index is 2.16. The van der Waals surface area contributed by atoms with Crippen molar-refractivity contribution in [2.24, 2.45) is 0 Å². The summed E-state index contributed by atoms with van der Waals surface area (Å²) in [6, 6.07) is 11.3. The summed E-state index contributed by atoms with van der Waals surface area (Å²) in [5.74, 6) is -0.345. The van der Waals surface area contributed by atoms with Gasteiger partial charge in [-0.2, -0.15) is 0 Å². The molecule has 20 heavy (non-hydrogen) atoms. The highest BCUT2D eigenvalue weighted by Crippen LogP contribution is 2.36. The molecule has 2 aromatic carbocycles. The van der Waals surface area contributed by atoms with Gasteiger partial charge < -0.3 is 19.6 Å². The van der Waals surface area contributed by atoms with E-state index >= 15 is 0 Å². The Morgan fingerprint density at radius 1 is 1.25 bits per heavy atom. The Kier molecular flexibility index (Phi) is 2.95. The second-order valence-corrected chi connectivity index (χ2v) is 4.39. The maximum atomic E-state index is 10.6. The van der Waals surface area contributed by atoms with Crippen LogP contribution in [0.1, 0.15) is 0 Å². The molecule has 0 aliphatic rings. The van der Waals surface area contributed by atoms with Gasteiger partial charge in [-0.05, 0) is 12.1 Å². The zero-order chi connectivity index (χ0) is 14.1. The lowest BCUT2D eigenvalue weighted by molar-refractivity contribution is -0.134. The molecular weight excluding hydrogens is 258 g/mol. The van der Waals surface area contributed by atoms with Crippen LogP contribution in [0, 0.1) is 0 Å². The minimum atomic E-state index is -0.934. The first-order valence-electron chi connectivity index (χ1n) is 6.14. The van der Waals surface area contributed by atoms with Crippen LogP contribution in [0.2, 0.25) is 0 Å². The molecule has 0 atom stereocenters. The van der Waals surface area contributed by atoms with Gasteiger partial charge in [-0.15, -0.1) is 0 Å². The second kappa shape index (κ2) is 4.77. The number of ether oxygens (including phenoxy) is 1. The normalized spacial score (nSPS) is 10.8. The van der Waals surface area contributed by atoms with Crippen molar-refractivity contribution in [1.29, 1.82) is 0 Å². The topological polar surface area (TPSA) is 71.7 Å². The van der Waals surface area contributed by atoms with Gasteiger partial charge in [0.15, 0.2) is 0 Å². The number of aliphatic carboxylic acids is 1. The molecule has 1 aromatic heterocycles. The molecule has 0 fully saturated rings. The first-order chi connectivity index (χ1) is 9.69. The van der Waals surface area contributed by atoms with E-state index in [1.165, 1.54) is 0 Å². The van der Waals surface area contributed by atoms with E-state index in [1.54, 1.807) is 13.2 Å². The fraction of sp³-hybridized carbons (Fsp3) is 0.133. The Morgan fingerprint density at radius 3 is 2.80 bits per heavy atom. The van der Waals surface area contributed by atoms with Gasteiger partial charge in [0.2, 0.25) is 0 Å². The molecule has 3 rings (SSSR count). The second-order valence-electron chi connectivity index (χ2n) is 4.39. The molecule has 0 saturated heterocycles. The molecule has 5 nitrogen and oxygen atoms in total. The highest BCUT2D eigenvalue weighted by atomic mass is 16.5. The number of benzene rings is 2. The number of rotatable bonds is 4. The van der Waals surface area contributed by atoms with E-state index in [4.69, 9.17) is 14.3 Å². The standard InChI is InChI=1S/C15H13NO4/c1-19-14-6-10-9-4-2-3-5-12(9)20-13(10)7-11(14)16-8-15(17)18/h2-7,16H,8H2,1H3,(H,17,18). The van der Waals surface area contributed by atoms with Gasteiger partial charge in [0, 0.05) is 16.8 Å². The average molecular weight is 271 g/mol. The molecule has 1 heterocycles. The molecule has 0 saturated carbocycles. The number of carboxylic acids is 1. The van der Waals surface area contributed by atoms with Gasteiger partial charge in [0.05, 0.1) is 12.8 Å². The van der Waals surface area contributed by atoms with Gasteiger partial charge in [-0.25, -0.2) is 0 Å². The molecule has 0 bridgehead atoms. The third-order valence-electron chi connectivity index (χ3n) is 3.13. The monoisotopic (exact) mass is 271 g/mol. The zero-order valence-electron chi connectivity index (χ0n) is 10.8. The summed E-state index contributed by atoms with van der Waals surface area (Å²) in [6.45, 7) is -0.178. The van der Waals surface area contributed by atoms with E-state index in [-0.39, 0.29) is 6.54 Å². The fourth-order valence-electron chi connectivity index (χ4n) is 2.23. The predicted octanol–water partition coefficient (Wildman–Crippen LogP) is 3.09. The smallest absolute Gasteiger partial charge is 0.322 e. The van der Waals surface area contributed by atoms with Crippen LogP contribution >= 0.6 is 0 Å². The van der Waals surface area contributed by atoms with Crippen LogP contribution in [0.5, 0.6) is 5.75 Å². The zero-order valence-corrected chi connectivity index (χ0v) is 10.8. The van der Waals surface area contributed by atoms with E-state index in [0.29, 0.717) is 17.0 Å². The van der Waals surface area contributed by atoms with Crippen LogP contribution in [0.3, 0.4) is 0 Å². The molecule has 5 heteroatoms. The Bertz CT molecular complexity index is 791. The van der Waals surface area contributed by atoms with Crippen LogP contribution in [0.25, 0.3) is 21.9 Å². The summed E-state index contributed by atoms with van der Waals surface area (Å²) in [6.07, 6.45) is 0. The average Bonchev–Trinajstić information content (AvgIpc) is 2.81. The lowest BCUT2D eigenvalue weighted by atomic mass is 10.1. The quantitative estimate of drug-likeness (QED) is 0.763. The lowest BCUT2D eigenvalue weighted by Gasteiger charge is -2.09. The molecule has 3 aromatic rings. The molecule has 0 amide bonds. The van der Waals surface area contributed by atoms with E-state index in [0.717, 1.165) is 16.4 Å². The maximum Gasteiger partial charge on any atom is 0.322 e. The van der Waals surface area contributed by atoms with E-state index < -0.39 is 5.97 Å². The Hall–Kier alpha value is -2.69. The number of anilines is 1. The minimum absolute atomic E-state index is 0.178. The summed E-state index contributed by atoms with van der Waals surface area (Å²) >= 11 is 0. The largest absolute Gasteiger partial charge is 0.495 e. The fourth-order valence-corrected chi connectivity index (χ4v) is 2.23. The number of methoxy groups -OCH3 is 1. The molecule has 102 valence electrons. The summed E-state index contributed by atoms with van der Waals surface area (Å²) in [7, 11) is 1.55. The van der Waals surface area contributed by atoms with Gasteiger partial charge >= 0.3 is 5.97 Å². The molecule has 0 unspecified atom stereocenters. The van der Waals surface area contributed by atoms with Crippen molar-refractivity contribution in [1.82, 2.24) is 0 Å². The SMILES string of the molecule is COc1cc2c(cc1NCC(=O)O)oc1ccccc12. The third kappa shape index (κ3) is 2.03. The number of carbonyl (C=O) groups is 1. The highest BCUT2D eigenvalue weighted by molar-refractivity contribution is 6.06. The van der Waals surface area contributed by atoms with Crippen molar-refractivity contribution in [2.45, 2.75) is 0 Å². The third-order valence-corrected chi connectivity index (χ3v) is 3.13. The molecule has 0 aliphatic carbocycles. The predicted molar refractivity (Wildman–Crippen MR) is 76.4 cm³/mol. The molecule has 0 spiro atoms. The first-order valence-corrected chi connectivity index (χ1v) is 6.14. The Morgan fingerprint density at radius 2 is 2.05 bits per heavy atom. The molecular formula is C15H13NO4. The minimum Gasteiger partial charge on any atom is -0.495 e. The maximum absolute atomic E-state index is 10.6. The first kappa shape index (κ1) is 12.3. The van der Waals surface area contributed by atoms with Crippen molar-refractivity contribution in [2.75, 3.05) is 19.0 Å². The number of furan rings is 1. The van der Waals surface area contributed by atoms with Crippen LogP contribution < -0.4 is 10.1 Å². The summed E-state index contributed by atoms with van der Waals surface area (Å²) in [5, 5.41) is 13.5.